The first-order valence-electron chi connectivity index (χ1n) is 3.69. The molecule has 0 saturated heterocycles. The Morgan fingerprint density at radius 2 is 2.31 bits per heavy atom. The maximum atomic E-state index is 11.3. The number of pyridine rings is 1. The topological polar surface area (TPSA) is 58.6 Å². The van der Waals surface area contributed by atoms with Gasteiger partial charge in [0.2, 0.25) is 0 Å². The Morgan fingerprint density at radius 3 is 3.08 bits per heavy atom. The summed E-state index contributed by atoms with van der Waals surface area (Å²) in [6, 6.07) is 1.66. The molecule has 0 aromatic carbocycles. The minimum atomic E-state index is -0.197. The van der Waals surface area contributed by atoms with E-state index in [4.69, 9.17) is 11.6 Å². The van der Waals surface area contributed by atoms with E-state index < -0.39 is 0 Å². The van der Waals surface area contributed by atoms with Gasteiger partial charge in [0.1, 0.15) is 5.52 Å². The van der Waals surface area contributed by atoms with Crippen LogP contribution in [0.3, 0.4) is 0 Å². The number of nitrogens with one attached hydrogen (secondary N) is 1. The fourth-order valence-corrected chi connectivity index (χ4v) is 1.44. The number of hydrogen-bond donors (Lipinski definition) is 1. The summed E-state index contributed by atoms with van der Waals surface area (Å²) in [6.45, 7) is 1.78. The molecule has 1 N–H and O–H groups in total. The highest BCUT2D eigenvalue weighted by Crippen LogP contribution is 2.16. The molecular formula is C8H6ClN3O. The van der Waals surface area contributed by atoms with Crippen molar-refractivity contribution in [3.8, 4) is 0 Å². The van der Waals surface area contributed by atoms with Gasteiger partial charge >= 0.3 is 0 Å². The Morgan fingerprint density at radius 1 is 1.54 bits per heavy atom. The molecule has 2 aromatic heterocycles. The third-order valence-corrected chi connectivity index (χ3v) is 1.98. The standard InChI is InChI=1S/C8H6ClN3O/c1-4-2-5-6(7(9)12-4)10-3-11-8(5)13/h2-3H,1H3,(H,10,11,13). The van der Waals surface area contributed by atoms with E-state index in [0.29, 0.717) is 16.6 Å². The van der Waals surface area contributed by atoms with Crippen molar-refractivity contribution in [3.05, 3.63) is 33.6 Å². The second-order valence-corrected chi connectivity index (χ2v) is 3.04. The van der Waals surface area contributed by atoms with Crippen LogP contribution in [0.5, 0.6) is 0 Å². The van der Waals surface area contributed by atoms with Crippen LogP contribution in [0.1, 0.15) is 5.69 Å². The Balaban J connectivity index is 3.03. The average molecular weight is 196 g/mol. The number of rotatable bonds is 0. The zero-order valence-electron chi connectivity index (χ0n) is 6.84. The van der Waals surface area contributed by atoms with Crippen LogP contribution in [0.25, 0.3) is 10.9 Å². The number of fused-ring (bicyclic) bond motifs is 1. The predicted molar refractivity (Wildman–Crippen MR) is 49.9 cm³/mol. The molecular weight excluding hydrogens is 190 g/mol. The van der Waals surface area contributed by atoms with Gasteiger partial charge in [-0.25, -0.2) is 9.97 Å². The first-order chi connectivity index (χ1) is 6.18. The molecule has 0 atom stereocenters. The molecule has 0 aliphatic heterocycles. The largest absolute Gasteiger partial charge is 0.313 e. The van der Waals surface area contributed by atoms with Gasteiger partial charge in [0.15, 0.2) is 5.15 Å². The summed E-state index contributed by atoms with van der Waals surface area (Å²) in [7, 11) is 0. The van der Waals surface area contributed by atoms with E-state index in [-0.39, 0.29) is 10.7 Å². The second-order valence-electron chi connectivity index (χ2n) is 2.68. The lowest BCUT2D eigenvalue weighted by molar-refractivity contribution is 1.14. The molecule has 0 amide bonds. The van der Waals surface area contributed by atoms with Gasteiger partial charge in [-0.2, -0.15) is 0 Å². The van der Waals surface area contributed by atoms with Crippen molar-refractivity contribution in [1.29, 1.82) is 0 Å². The molecule has 0 saturated carbocycles. The summed E-state index contributed by atoms with van der Waals surface area (Å²) in [4.78, 5) is 21.7. The van der Waals surface area contributed by atoms with Gasteiger partial charge in [-0.15, -0.1) is 0 Å². The van der Waals surface area contributed by atoms with E-state index in [1.54, 1.807) is 13.0 Å². The lowest BCUT2D eigenvalue weighted by atomic mass is 10.2. The molecule has 2 rings (SSSR count). The second kappa shape index (κ2) is 2.81. The highest BCUT2D eigenvalue weighted by atomic mass is 35.5. The van der Waals surface area contributed by atoms with Crippen molar-refractivity contribution in [2.45, 2.75) is 6.92 Å². The highest BCUT2D eigenvalue weighted by molar-refractivity contribution is 6.33. The number of nitrogens with zero attached hydrogens (tertiary/aromatic N) is 2. The van der Waals surface area contributed by atoms with Crippen molar-refractivity contribution in [2.75, 3.05) is 0 Å². The van der Waals surface area contributed by atoms with Crippen LogP contribution in [-0.2, 0) is 0 Å². The van der Waals surface area contributed by atoms with Crippen molar-refractivity contribution >= 4 is 22.5 Å². The van der Waals surface area contributed by atoms with Gasteiger partial charge < -0.3 is 4.98 Å². The molecule has 2 aromatic rings. The maximum absolute atomic E-state index is 11.3. The molecule has 0 bridgehead atoms. The van der Waals surface area contributed by atoms with Crippen LogP contribution in [0.2, 0.25) is 5.15 Å². The summed E-state index contributed by atoms with van der Waals surface area (Å²) in [5.41, 5.74) is 0.949. The molecule has 0 spiro atoms. The average Bonchev–Trinajstić information content (AvgIpc) is 2.07. The third-order valence-electron chi connectivity index (χ3n) is 1.71. The summed E-state index contributed by atoms with van der Waals surface area (Å²) >= 11 is 5.81. The fourth-order valence-electron chi connectivity index (χ4n) is 1.16. The lowest BCUT2D eigenvalue weighted by Crippen LogP contribution is -2.07. The van der Waals surface area contributed by atoms with Gasteiger partial charge in [0.25, 0.3) is 5.56 Å². The van der Waals surface area contributed by atoms with E-state index in [9.17, 15) is 4.79 Å². The Hall–Kier alpha value is -1.42. The highest BCUT2D eigenvalue weighted by Gasteiger charge is 2.05. The van der Waals surface area contributed by atoms with Crippen LogP contribution in [0, 0.1) is 6.92 Å². The Kier molecular flexibility index (Phi) is 1.77. The van der Waals surface area contributed by atoms with Crippen molar-refractivity contribution in [3.63, 3.8) is 0 Å². The van der Waals surface area contributed by atoms with Crippen LogP contribution in [-0.4, -0.2) is 15.0 Å². The number of aryl methyl sites for hydroxylation is 1. The third kappa shape index (κ3) is 1.29. The SMILES string of the molecule is Cc1cc2c(=O)[nH]cnc2c(Cl)n1. The number of halogens is 1. The van der Waals surface area contributed by atoms with Crippen LogP contribution in [0.4, 0.5) is 0 Å². The van der Waals surface area contributed by atoms with Crippen molar-refractivity contribution in [2.24, 2.45) is 0 Å². The number of H-pyrrole nitrogens is 1. The number of aromatic nitrogens is 3. The lowest BCUT2D eigenvalue weighted by Gasteiger charge is -1.98. The summed E-state index contributed by atoms with van der Waals surface area (Å²) in [5, 5.41) is 0.737. The number of hydrogen-bond acceptors (Lipinski definition) is 3. The molecule has 0 aliphatic carbocycles. The Bertz CT molecular complexity index is 520. The number of aromatic amines is 1. The van der Waals surface area contributed by atoms with Gasteiger partial charge in [-0.3, -0.25) is 4.79 Å². The zero-order chi connectivity index (χ0) is 9.42. The van der Waals surface area contributed by atoms with E-state index in [1.807, 2.05) is 0 Å². The van der Waals surface area contributed by atoms with Crippen LogP contribution >= 0.6 is 11.6 Å². The Labute approximate surface area is 78.6 Å². The smallest absolute Gasteiger partial charge is 0.258 e. The molecule has 4 nitrogen and oxygen atoms in total. The summed E-state index contributed by atoms with van der Waals surface area (Å²) in [6.07, 6.45) is 1.31. The van der Waals surface area contributed by atoms with Crippen molar-refractivity contribution < 1.29 is 0 Å². The monoisotopic (exact) mass is 195 g/mol. The molecule has 66 valence electrons. The molecule has 5 heteroatoms. The summed E-state index contributed by atoms with van der Waals surface area (Å²) in [5.74, 6) is 0. The minimum absolute atomic E-state index is 0.197. The van der Waals surface area contributed by atoms with Gasteiger partial charge in [-0.1, -0.05) is 11.6 Å². The molecule has 0 aliphatic rings. The van der Waals surface area contributed by atoms with E-state index in [1.165, 1.54) is 6.33 Å². The predicted octanol–water partition coefficient (Wildman–Crippen LogP) is 1.28. The molecule has 0 unspecified atom stereocenters. The normalized spacial score (nSPS) is 10.6. The first-order valence-corrected chi connectivity index (χ1v) is 4.07. The van der Waals surface area contributed by atoms with Gasteiger partial charge in [0, 0.05) is 5.69 Å². The van der Waals surface area contributed by atoms with Crippen molar-refractivity contribution in [1.82, 2.24) is 15.0 Å². The molecule has 0 radical (unpaired) electrons. The first kappa shape index (κ1) is 8.19. The van der Waals surface area contributed by atoms with Gasteiger partial charge in [-0.05, 0) is 13.0 Å². The zero-order valence-corrected chi connectivity index (χ0v) is 7.59. The van der Waals surface area contributed by atoms with E-state index >= 15 is 0 Å². The van der Waals surface area contributed by atoms with Gasteiger partial charge in [0.05, 0.1) is 11.7 Å². The van der Waals surface area contributed by atoms with E-state index in [2.05, 4.69) is 15.0 Å². The maximum Gasteiger partial charge on any atom is 0.258 e. The molecule has 13 heavy (non-hydrogen) atoms. The fraction of sp³-hybridized carbons (Fsp3) is 0.125. The van der Waals surface area contributed by atoms with E-state index in [0.717, 1.165) is 0 Å². The minimum Gasteiger partial charge on any atom is -0.313 e. The molecule has 2 heterocycles. The van der Waals surface area contributed by atoms with Crippen LogP contribution in [0.15, 0.2) is 17.2 Å². The molecule has 0 fully saturated rings. The quantitative estimate of drug-likeness (QED) is 0.645. The van der Waals surface area contributed by atoms with Crippen LogP contribution < -0.4 is 5.56 Å². The summed E-state index contributed by atoms with van der Waals surface area (Å²) < 4.78 is 0.